The molecule has 1 aromatic carbocycles. The zero-order valence-electron chi connectivity index (χ0n) is 12.3. The Labute approximate surface area is 137 Å². The van der Waals surface area contributed by atoms with E-state index in [2.05, 4.69) is 10.2 Å². The molecule has 112 valence electrons. The van der Waals surface area contributed by atoms with E-state index < -0.39 is 0 Å². The molecule has 3 aromatic rings. The van der Waals surface area contributed by atoms with Crippen LogP contribution in [0.2, 0.25) is 0 Å². The van der Waals surface area contributed by atoms with Crippen molar-refractivity contribution in [3.8, 4) is 5.69 Å². The van der Waals surface area contributed by atoms with Crippen LogP contribution in [0.5, 0.6) is 0 Å². The molecular formula is C16H15N3OS2. The summed E-state index contributed by atoms with van der Waals surface area (Å²) in [5, 5.41) is 8.84. The second-order valence-electron chi connectivity index (χ2n) is 4.89. The van der Waals surface area contributed by atoms with Crippen molar-refractivity contribution in [1.29, 1.82) is 0 Å². The molecule has 0 aliphatic heterocycles. The molecule has 4 nitrogen and oxygen atoms in total. The molecule has 0 N–H and O–H groups in total. The van der Waals surface area contributed by atoms with Gasteiger partial charge in [0, 0.05) is 4.88 Å². The summed E-state index contributed by atoms with van der Waals surface area (Å²) in [6.45, 7) is 4.05. The lowest BCUT2D eigenvalue weighted by Gasteiger charge is -2.08. The van der Waals surface area contributed by atoms with Crippen molar-refractivity contribution in [1.82, 2.24) is 14.8 Å². The highest BCUT2D eigenvalue weighted by Crippen LogP contribution is 2.24. The van der Waals surface area contributed by atoms with Crippen molar-refractivity contribution in [3.05, 3.63) is 58.0 Å². The maximum absolute atomic E-state index is 12.2. The number of carbonyl (C=O) groups excluding carboxylic acids is 1. The van der Waals surface area contributed by atoms with Gasteiger partial charge < -0.3 is 0 Å². The van der Waals surface area contributed by atoms with Gasteiger partial charge in [0.05, 0.1) is 16.3 Å². The van der Waals surface area contributed by atoms with Crippen molar-refractivity contribution in [2.45, 2.75) is 19.0 Å². The summed E-state index contributed by atoms with van der Waals surface area (Å²) in [4.78, 5) is 14.1. The molecule has 3 rings (SSSR count). The Morgan fingerprint density at radius 3 is 2.77 bits per heavy atom. The molecule has 0 aliphatic carbocycles. The molecule has 0 aliphatic rings. The fourth-order valence-electron chi connectivity index (χ4n) is 2.11. The lowest BCUT2D eigenvalue weighted by Crippen LogP contribution is -2.03. The maximum Gasteiger partial charge on any atom is 0.196 e. The van der Waals surface area contributed by atoms with Gasteiger partial charge in [-0.05, 0) is 37.6 Å². The third kappa shape index (κ3) is 3.13. The fraction of sp³-hybridized carbons (Fsp3) is 0.188. The van der Waals surface area contributed by atoms with E-state index in [1.807, 2.05) is 54.8 Å². The van der Waals surface area contributed by atoms with E-state index in [9.17, 15) is 4.79 Å². The number of aryl methyl sites for hydroxylation is 2. The van der Waals surface area contributed by atoms with Gasteiger partial charge in [-0.25, -0.2) is 0 Å². The lowest BCUT2D eigenvalue weighted by atomic mass is 10.2. The molecule has 6 heteroatoms. The first-order valence-corrected chi connectivity index (χ1v) is 8.64. The summed E-state index contributed by atoms with van der Waals surface area (Å²) in [6, 6.07) is 11.9. The van der Waals surface area contributed by atoms with Crippen molar-refractivity contribution in [2.75, 3.05) is 5.75 Å². The number of ketones is 1. The average Bonchev–Trinajstić information content (AvgIpc) is 3.14. The summed E-state index contributed by atoms with van der Waals surface area (Å²) in [5.41, 5.74) is 2.18. The summed E-state index contributed by atoms with van der Waals surface area (Å²) < 4.78 is 1.92. The molecule has 0 radical (unpaired) electrons. The van der Waals surface area contributed by atoms with Crippen LogP contribution in [0, 0.1) is 13.8 Å². The Kier molecular flexibility index (Phi) is 4.40. The number of aromatic nitrogens is 3. The van der Waals surface area contributed by atoms with Crippen LogP contribution in [-0.4, -0.2) is 26.3 Å². The van der Waals surface area contributed by atoms with Crippen molar-refractivity contribution < 1.29 is 4.79 Å². The normalized spacial score (nSPS) is 10.8. The van der Waals surface area contributed by atoms with Crippen LogP contribution in [0.25, 0.3) is 5.69 Å². The molecule has 2 heterocycles. The van der Waals surface area contributed by atoms with Gasteiger partial charge in [-0.15, -0.1) is 21.5 Å². The van der Waals surface area contributed by atoms with Crippen molar-refractivity contribution in [3.63, 3.8) is 0 Å². The van der Waals surface area contributed by atoms with Gasteiger partial charge in [-0.2, -0.15) is 0 Å². The maximum atomic E-state index is 12.2. The van der Waals surface area contributed by atoms with Crippen LogP contribution in [0.4, 0.5) is 0 Å². The zero-order valence-corrected chi connectivity index (χ0v) is 13.9. The zero-order chi connectivity index (χ0) is 15.5. The number of benzene rings is 1. The number of nitrogens with zero attached hydrogens (tertiary/aromatic N) is 3. The number of carbonyl (C=O) groups is 1. The van der Waals surface area contributed by atoms with E-state index in [1.165, 1.54) is 23.1 Å². The van der Waals surface area contributed by atoms with E-state index in [-0.39, 0.29) is 5.78 Å². The second-order valence-corrected chi connectivity index (χ2v) is 7.12. The van der Waals surface area contributed by atoms with Gasteiger partial charge in [-0.3, -0.25) is 9.36 Å². The predicted octanol–water partition coefficient (Wildman–Crippen LogP) is 3.92. The number of para-hydroxylation sites is 1. The quantitative estimate of drug-likeness (QED) is 0.526. The Morgan fingerprint density at radius 1 is 1.23 bits per heavy atom. The van der Waals surface area contributed by atoms with E-state index in [1.54, 1.807) is 6.33 Å². The number of hydrogen-bond acceptors (Lipinski definition) is 5. The van der Waals surface area contributed by atoms with E-state index in [4.69, 9.17) is 0 Å². The first-order valence-electron chi connectivity index (χ1n) is 6.83. The third-order valence-electron chi connectivity index (χ3n) is 3.24. The second kappa shape index (κ2) is 6.46. The topological polar surface area (TPSA) is 47.8 Å². The first-order chi connectivity index (χ1) is 10.6. The standard InChI is InChI=1S/C16H15N3OS2/c1-11-5-3-4-6-13(11)19-10-17-18-16(19)21-9-14(20)15-8-7-12(2)22-15/h3-8,10H,9H2,1-2H3. The third-order valence-corrected chi connectivity index (χ3v) is 5.22. The molecule has 0 bridgehead atoms. The van der Waals surface area contributed by atoms with Gasteiger partial charge in [0.25, 0.3) is 0 Å². The number of thioether (sulfide) groups is 1. The largest absolute Gasteiger partial charge is 0.292 e. The van der Waals surface area contributed by atoms with Crippen LogP contribution in [0.1, 0.15) is 20.1 Å². The minimum atomic E-state index is 0.127. The number of thiophene rings is 1. The molecule has 0 spiro atoms. The average molecular weight is 329 g/mol. The van der Waals surface area contributed by atoms with Gasteiger partial charge in [-0.1, -0.05) is 30.0 Å². The molecule has 0 saturated heterocycles. The molecule has 0 amide bonds. The van der Waals surface area contributed by atoms with E-state index in [0.717, 1.165) is 26.2 Å². The van der Waals surface area contributed by atoms with Gasteiger partial charge >= 0.3 is 0 Å². The number of Topliss-reactive ketones (excluding diaryl/α,β-unsaturated/α-hetero) is 1. The van der Waals surface area contributed by atoms with Crippen molar-refractivity contribution in [2.24, 2.45) is 0 Å². The van der Waals surface area contributed by atoms with Crippen LogP contribution in [0.15, 0.2) is 47.9 Å². The number of hydrogen-bond donors (Lipinski definition) is 0. The predicted molar refractivity (Wildman–Crippen MR) is 90.2 cm³/mol. The van der Waals surface area contributed by atoms with Gasteiger partial charge in [0.1, 0.15) is 6.33 Å². The monoisotopic (exact) mass is 329 g/mol. The first kappa shape index (κ1) is 15.0. The molecule has 0 atom stereocenters. The Bertz CT molecular complexity index is 807. The fourth-order valence-corrected chi connectivity index (χ4v) is 3.81. The van der Waals surface area contributed by atoms with Crippen molar-refractivity contribution >= 4 is 28.9 Å². The Hall–Kier alpha value is -1.92. The summed E-state index contributed by atoms with van der Waals surface area (Å²) >= 11 is 2.95. The van der Waals surface area contributed by atoms with Crippen LogP contribution >= 0.6 is 23.1 Å². The minimum Gasteiger partial charge on any atom is -0.292 e. The van der Waals surface area contributed by atoms with E-state index >= 15 is 0 Å². The van der Waals surface area contributed by atoms with Crippen LogP contribution in [-0.2, 0) is 0 Å². The lowest BCUT2D eigenvalue weighted by molar-refractivity contribution is 0.102. The minimum absolute atomic E-state index is 0.127. The molecular weight excluding hydrogens is 314 g/mol. The molecule has 0 unspecified atom stereocenters. The van der Waals surface area contributed by atoms with Gasteiger partial charge in [0.15, 0.2) is 10.9 Å². The highest BCUT2D eigenvalue weighted by atomic mass is 32.2. The Balaban J connectivity index is 1.76. The highest BCUT2D eigenvalue weighted by molar-refractivity contribution is 7.99. The molecule has 2 aromatic heterocycles. The van der Waals surface area contributed by atoms with Crippen LogP contribution in [0.3, 0.4) is 0 Å². The van der Waals surface area contributed by atoms with Crippen LogP contribution < -0.4 is 0 Å². The summed E-state index contributed by atoms with van der Waals surface area (Å²) in [7, 11) is 0. The number of rotatable bonds is 5. The SMILES string of the molecule is Cc1ccc(C(=O)CSc2nncn2-c2ccccc2C)s1. The summed E-state index contributed by atoms with van der Waals surface area (Å²) in [5.74, 6) is 0.493. The van der Waals surface area contributed by atoms with Gasteiger partial charge in [0.2, 0.25) is 0 Å². The molecule has 0 fully saturated rings. The Morgan fingerprint density at radius 2 is 2.05 bits per heavy atom. The molecule has 22 heavy (non-hydrogen) atoms. The smallest absolute Gasteiger partial charge is 0.196 e. The van der Waals surface area contributed by atoms with E-state index in [0.29, 0.717) is 5.75 Å². The molecule has 0 saturated carbocycles. The highest BCUT2D eigenvalue weighted by Gasteiger charge is 2.13. The summed E-state index contributed by atoms with van der Waals surface area (Å²) in [6.07, 6.45) is 1.68.